The number of morpholine rings is 1. The molecule has 0 unspecified atom stereocenters. The number of amidine groups is 4. The zero-order chi connectivity index (χ0) is 99.9. The van der Waals surface area contributed by atoms with Gasteiger partial charge in [-0.25, -0.2) is 20.0 Å². The number of aromatic nitrogens is 4. The Bertz CT molecular complexity index is 6260. The number of methoxy groups -OCH3 is 4. The first-order valence-electron chi connectivity index (χ1n) is 48.7. The number of β-amino-alcohol motifs (C(OH)–C–C–N with tert-alkyl or cyclic N) is 4. The number of guanidine groups is 4. The number of aliphatic imine (C=N–C) groups is 8. The number of aliphatic hydroxyl groups is 4. The Morgan fingerprint density at radius 3 is 0.825 bits per heavy atom. The topological polar surface area (TPSA) is 457 Å². The summed E-state index contributed by atoms with van der Waals surface area (Å²) in [4.78, 5) is 123. The molecule has 41 heteroatoms. The Hall–Kier alpha value is -14.0. The summed E-state index contributed by atoms with van der Waals surface area (Å²) in [6.07, 6.45) is 11.5. The Balaban J connectivity index is 0.000000131. The van der Waals surface area contributed by atoms with Crippen LogP contribution in [0.15, 0.2) is 162 Å². The molecule has 6 atom stereocenters. The number of aryl methyl sites for hydroxylation is 4. The van der Waals surface area contributed by atoms with Crippen molar-refractivity contribution in [2.45, 2.75) is 117 Å². The molecule has 12 aliphatic rings. The minimum atomic E-state index is -0.691. The highest BCUT2D eigenvalue weighted by Crippen LogP contribution is 2.48. The fraction of sp³-hybridized carbons (Fsp3) is 0.451. The van der Waals surface area contributed by atoms with Crippen LogP contribution in [-0.2, 0) is 4.74 Å². The number of likely N-dealkylation sites (tertiary alicyclic amines) is 3. The van der Waals surface area contributed by atoms with Gasteiger partial charge in [0.15, 0.2) is 46.0 Å². The van der Waals surface area contributed by atoms with Gasteiger partial charge in [-0.2, -0.15) is 0 Å². The number of hydrogen-bond acceptors (Lipinski definition) is 37. The van der Waals surface area contributed by atoms with Gasteiger partial charge in [-0.1, -0.05) is 6.42 Å². The number of pyridine rings is 4. The molecular formula is C102H124N24O17. The lowest BCUT2D eigenvalue weighted by atomic mass is 10.1. The minimum Gasteiger partial charge on any atom is -0.491 e. The van der Waals surface area contributed by atoms with E-state index in [1.807, 2.05) is 75.9 Å². The van der Waals surface area contributed by atoms with Crippen LogP contribution < -0.4 is 59.2 Å². The van der Waals surface area contributed by atoms with Crippen LogP contribution in [0.3, 0.4) is 0 Å². The van der Waals surface area contributed by atoms with Crippen molar-refractivity contribution in [2.24, 2.45) is 39.9 Å². The lowest BCUT2D eigenvalue weighted by Gasteiger charge is -2.36. The van der Waals surface area contributed by atoms with E-state index in [4.69, 9.17) is 62.6 Å². The monoisotopic (exact) mass is 1960 g/mol. The van der Waals surface area contributed by atoms with Crippen molar-refractivity contribution < 1.29 is 82.2 Å². The van der Waals surface area contributed by atoms with Gasteiger partial charge in [0.25, 0.3) is 23.6 Å². The number of rotatable bonds is 28. The van der Waals surface area contributed by atoms with Crippen LogP contribution in [0.25, 0.3) is 0 Å². The fourth-order valence-corrected chi connectivity index (χ4v) is 19.0. The largest absolute Gasteiger partial charge is 0.491 e. The lowest BCUT2D eigenvalue weighted by molar-refractivity contribution is -0.0787. The second-order valence-electron chi connectivity index (χ2n) is 36.4. The summed E-state index contributed by atoms with van der Waals surface area (Å²) >= 11 is 0. The summed E-state index contributed by atoms with van der Waals surface area (Å²) in [6.45, 7) is 26.4. The summed E-state index contributed by atoms with van der Waals surface area (Å²) in [5, 5.41) is 53.7. The summed E-state index contributed by atoms with van der Waals surface area (Å²) < 4.78 is 52.5. The SMILES string of the molecule is COc1c(OC[C@H](O)CN2CCC2)ccc2c1N=C(NC(=O)c1cccnc1C)N1CCN=C21.COc1c(OC[C@H](O)CN2CCCC2)ccc2c1N=C(NC(=O)c1cccnc1C)N1CCN=C21.COc1c(OC[C@H](O)CN2CCCCC2)ccc2c1N=C(NC(=O)c1cccnc1C)N1CCN=C21.COc1c(OC[C@H](O)CN2C[C@@H](C)O[C@@H](C)C2)ccc2c1N=C(NC(=O)c1cccnc1C)N1CCN=C21. The molecule has 8 N–H and O–H groups in total. The number of hydrogen-bond donors (Lipinski definition) is 8. The van der Waals surface area contributed by atoms with Gasteiger partial charge in [0.05, 0.1) is 89.1 Å². The molecule has 41 nitrogen and oxygen atoms in total. The standard InChI is InChI=1S/C27H34N6O5.C26H32N6O4.C25H30N6O4.C24H28N6O4/c1-16-12-32(13-17(2)38-16)14-19(34)15-37-22-8-7-21-23(24(22)36-4)30-27(33-11-10-29-25(21)33)31-26(35)20-6-5-9-28-18(20)3;1-17-19(7-6-10-27-17)25(34)30-26-29-22-20(24-28-11-14-32(24)26)8-9-21(23(22)35-2)36-16-18(33)15-31-12-4-3-5-13-31;1-16-18(6-5-9-26-16)24(33)29-25-28-21-19(23-27-10-13-31(23)25)7-8-20(22(21)34-2)35-15-17(32)14-30-11-3-4-12-30;1-15-17(5-3-8-25-15)23(32)28-24-27-20-18(22-26-9-12-30(22)24)6-7-19(21(20)33-2)34-14-16(31)13-29-10-4-11-29/h5-9,16-17,19,34H,10-15H2,1-4H3,(H,30,31,35);6-10,18,33H,3-5,11-16H2,1-2H3,(H,29,30,34);5-9,17,32H,3-4,10-15H2,1-2H3,(H,28,29,33);3,5-8,16,31H,4,9-14H2,1-2H3,(H,27,28,32)/t16-,17+,19-;18-;17-;16-/m1111/s1. The van der Waals surface area contributed by atoms with Gasteiger partial charge in [-0.3, -0.25) is 105 Å². The average molecular weight is 1960 g/mol. The van der Waals surface area contributed by atoms with Crippen molar-refractivity contribution in [1.82, 2.24) is 80.4 Å². The molecule has 4 aromatic heterocycles. The maximum absolute atomic E-state index is 13.0. The lowest BCUT2D eigenvalue weighted by Crippen LogP contribution is -2.48. The second kappa shape index (κ2) is 46.3. The van der Waals surface area contributed by atoms with E-state index in [-0.39, 0.29) is 62.3 Å². The molecule has 4 fully saturated rings. The molecule has 20 rings (SSSR count). The summed E-state index contributed by atoms with van der Waals surface area (Å²) in [5.74, 6) is 6.88. The number of carbonyl (C=O) groups is 4. The number of nitrogens with one attached hydrogen (secondary N) is 4. The van der Waals surface area contributed by atoms with E-state index >= 15 is 0 Å². The Labute approximate surface area is 829 Å². The predicted molar refractivity (Wildman–Crippen MR) is 538 cm³/mol. The molecule has 12 aliphatic heterocycles. The Morgan fingerprint density at radius 2 is 0.587 bits per heavy atom. The summed E-state index contributed by atoms with van der Waals surface area (Å²) in [6, 6.07) is 28.7. The molecule has 4 saturated heterocycles. The van der Waals surface area contributed by atoms with Gasteiger partial charge in [0.1, 0.15) is 96.9 Å². The van der Waals surface area contributed by atoms with Gasteiger partial charge < -0.3 is 77.8 Å². The fourth-order valence-electron chi connectivity index (χ4n) is 19.0. The predicted octanol–water partition coefficient (Wildman–Crippen LogP) is 6.92. The number of fused-ring (bicyclic) bond motifs is 12. The number of carbonyl (C=O) groups excluding carboxylic acids is 4. The normalized spacial score (nSPS) is 18.9. The molecule has 4 aromatic carbocycles. The van der Waals surface area contributed by atoms with Crippen molar-refractivity contribution in [1.29, 1.82) is 0 Å². The molecule has 0 radical (unpaired) electrons. The minimum absolute atomic E-state index is 0.0932. The van der Waals surface area contributed by atoms with Crippen molar-refractivity contribution in [3.8, 4) is 46.0 Å². The van der Waals surface area contributed by atoms with Gasteiger partial charge >= 0.3 is 0 Å². The van der Waals surface area contributed by atoms with Crippen LogP contribution in [0.5, 0.6) is 46.0 Å². The van der Waals surface area contributed by atoms with Crippen molar-refractivity contribution in [3.05, 3.63) is 189 Å². The van der Waals surface area contributed by atoms with Crippen molar-refractivity contribution >= 4 is 93.6 Å². The van der Waals surface area contributed by atoms with E-state index in [0.29, 0.717) is 222 Å². The number of aliphatic hydroxyl groups excluding tert-OH is 4. The average Bonchev–Trinajstić information content (AvgIpc) is 1.73. The van der Waals surface area contributed by atoms with Gasteiger partial charge in [-0.05, 0) is 210 Å². The highest BCUT2D eigenvalue weighted by Gasteiger charge is 2.41. The molecule has 4 amide bonds. The van der Waals surface area contributed by atoms with Crippen LogP contribution in [0.1, 0.15) is 139 Å². The van der Waals surface area contributed by atoms with Crippen LogP contribution in [0.4, 0.5) is 22.7 Å². The van der Waals surface area contributed by atoms with E-state index in [2.05, 4.69) is 80.8 Å². The first kappa shape index (κ1) is 100. The second-order valence-corrected chi connectivity index (χ2v) is 36.4. The highest BCUT2D eigenvalue weighted by atomic mass is 16.5. The van der Waals surface area contributed by atoms with Crippen LogP contribution in [0.2, 0.25) is 0 Å². The van der Waals surface area contributed by atoms with Crippen molar-refractivity contribution in [2.75, 3.05) is 186 Å². The maximum atomic E-state index is 13.0. The molecule has 0 saturated carbocycles. The molecule has 143 heavy (non-hydrogen) atoms. The molecule has 0 spiro atoms. The molecule has 8 aromatic rings. The van der Waals surface area contributed by atoms with Crippen LogP contribution in [-0.4, -0.2) is 373 Å². The highest BCUT2D eigenvalue weighted by molar-refractivity contribution is 6.24. The molecule has 0 bridgehead atoms. The van der Waals surface area contributed by atoms with E-state index in [1.54, 1.807) is 136 Å². The first-order valence-corrected chi connectivity index (χ1v) is 48.7. The van der Waals surface area contributed by atoms with E-state index < -0.39 is 24.4 Å². The van der Waals surface area contributed by atoms with Crippen LogP contribution in [0, 0.1) is 27.7 Å². The molecule has 754 valence electrons. The smallest absolute Gasteiger partial charge is 0.259 e. The third-order valence-corrected chi connectivity index (χ3v) is 26.0. The summed E-state index contributed by atoms with van der Waals surface area (Å²) in [5.41, 5.74) is 9.79. The number of nitrogens with zero attached hydrogens (tertiary/aromatic N) is 20. The number of ether oxygens (including phenoxy) is 9. The first-order chi connectivity index (χ1) is 69.5. The zero-order valence-corrected chi connectivity index (χ0v) is 82.3. The van der Waals surface area contributed by atoms with Crippen molar-refractivity contribution in [3.63, 3.8) is 0 Å². The number of benzene rings is 4. The molecule has 0 aliphatic carbocycles. The molecular weight excluding hydrogens is 1830 g/mol. The summed E-state index contributed by atoms with van der Waals surface area (Å²) in [7, 11) is 6.21. The third kappa shape index (κ3) is 23.3. The number of piperidine rings is 1. The van der Waals surface area contributed by atoms with Gasteiger partial charge in [-0.15, -0.1) is 0 Å². The number of amides is 4. The molecule has 16 heterocycles. The maximum Gasteiger partial charge on any atom is 0.259 e. The van der Waals surface area contributed by atoms with E-state index in [1.165, 1.54) is 38.5 Å². The van der Waals surface area contributed by atoms with E-state index in [0.717, 1.165) is 92.1 Å². The Kier molecular flexibility index (Phi) is 32.6. The van der Waals surface area contributed by atoms with E-state index in [9.17, 15) is 39.6 Å². The Morgan fingerprint density at radius 1 is 0.343 bits per heavy atom. The zero-order valence-electron chi connectivity index (χ0n) is 82.3. The van der Waals surface area contributed by atoms with Gasteiger partial charge in [0, 0.05) is 135 Å². The van der Waals surface area contributed by atoms with Crippen LogP contribution >= 0.6 is 0 Å². The quantitative estimate of drug-likeness (QED) is 0.0246. The van der Waals surface area contributed by atoms with Gasteiger partial charge in [0.2, 0.25) is 23.8 Å². The third-order valence-electron chi connectivity index (χ3n) is 26.0.